The number of carbonyl (C=O) groups excluding carboxylic acids is 1. The fourth-order valence-electron chi connectivity index (χ4n) is 1.88. The molecule has 0 saturated carbocycles. The van der Waals surface area contributed by atoms with Crippen molar-refractivity contribution in [3.8, 4) is 0 Å². The van der Waals surface area contributed by atoms with Crippen LogP contribution in [0.2, 0.25) is 5.02 Å². The first-order valence-electron chi connectivity index (χ1n) is 6.04. The lowest BCUT2D eigenvalue weighted by Crippen LogP contribution is -2.21. The lowest BCUT2D eigenvalue weighted by molar-refractivity contribution is 0.0946. The molecular weight excluding hydrogens is 299 g/mol. The minimum absolute atomic E-state index is 0.190. The lowest BCUT2D eigenvalue weighted by atomic mass is 10.3. The second kappa shape index (κ2) is 5.65. The van der Waals surface area contributed by atoms with Gasteiger partial charge in [0.15, 0.2) is 0 Å². The van der Waals surface area contributed by atoms with E-state index in [2.05, 4.69) is 20.7 Å². The van der Waals surface area contributed by atoms with Gasteiger partial charge in [0, 0.05) is 14.1 Å². The zero-order valence-electron chi connectivity index (χ0n) is 12.0. The van der Waals surface area contributed by atoms with Crippen LogP contribution in [0.15, 0.2) is 5.10 Å². The number of halogens is 2. The van der Waals surface area contributed by atoms with E-state index >= 15 is 0 Å². The van der Waals surface area contributed by atoms with Gasteiger partial charge >= 0.3 is 0 Å². The van der Waals surface area contributed by atoms with Crippen LogP contribution in [0.4, 0.5) is 4.39 Å². The van der Waals surface area contributed by atoms with Crippen molar-refractivity contribution in [3.63, 3.8) is 0 Å². The Labute approximate surface area is 125 Å². The fourth-order valence-corrected chi connectivity index (χ4v) is 2.13. The Morgan fingerprint density at radius 3 is 2.38 bits per heavy atom. The highest BCUT2D eigenvalue weighted by atomic mass is 35.5. The van der Waals surface area contributed by atoms with E-state index in [9.17, 15) is 9.18 Å². The van der Waals surface area contributed by atoms with Crippen molar-refractivity contribution >= 4 is 23.7 Å². The molecule has 2 aromatic heterocycles. The van der Waals surface area contributed by atoms with Crippen LogP contribution in [0.1, 0.15) is 27.4 Å². The Balaban J connectivity index is 2.16. The minimum atomic E-state index is -0.528. The monoisotopic (exact) mass is 312 g/mol. The van der Waals surface area contributed by atoms with E-state index in [1.54, 1.807) is 20.9 Å². The highest BCUT2D eigenvalue weighted by Crippen LogP contribution is 2.19. The Kier molecular flexibility index (Phi) is 4.08. The van der Waals surface area contributed by atoms with E-state index in [0.29, 0.717) is 11.4 Å². The van der Waals surface area contributed by atoms with Crippen molar-refractivity contribution in [3.05, 3.63) is 33.6 Å². The second-order valence-electron chi connectivity index (χ2n) is 4.48. The van der Waals surface area contributed by atoms with Crippen LogP contribution in [-0.2, 0) is 14.1 Å². The van der Waals surface area contributed by atoms with Gasteiger partial charge in [0.2, 0.25) is 5.95 Å². The van der Waals surface area contributed by atoms with Gasteiger partial charge in [-0.05, 0) is 13.8 Å². The third kappa shape index (κ3) is 2.80. The lowest BCUT2D eigenvalue weighted by Gasteiger charge is -2.00. The molecule has 2 heterocycles. The van der Waals surface area contributed by atoms with E-state index in [1.807, 2.05) is 0 Å². The molecule has 0 radical (unpaired) electrons. The molecule has 0 spiro atoms. The summed E-state index contributed by atoms with van der Waals surface area (Å²) in [5.74, 6) is -1.05. The first-order chi connectivity index (χ1) is 9.82. The average Bonchev–Trinajstić information content (AvgIpc) is 2.79. The molecule has 0 aromatic carbocycles. The number of hydrogen-bond donors (Lipinski definition) is 1. The number of nitrogens with zero attached hydrogens (tertiary/aromatic N) is 5. The van der Waals surface area contributed by atoms with Crippen molar-refractivity contribution < 1.29 is 9.18 Å². The van der Waals surface area contributed by atoms with Crippen LogP contribution in [0.5, 0.6) is 0 Å². The van der Waals surface area contributed by atoms with E-state index < -0.39 is 11.9 Å². The Bertz CT molecular complexity index is 733. The van der Waals surface area contributed by atoms with E-state index in [0.717, 1.165) is 4.68 Å². The van der Waals surface area contributed by atoms with Gasteiger partial charge in [-0.15, -0.1) is 0 Å². The average molecular weight is 313 g/mol. The highest BCUT2D eigenvalue weighted by Gasteiger charge is 2.18. The molecule has 0 saturated heterocycles. The van der Waals surface area contributed by atoms with E-state index in [1.165, 1.54) is 17.9 Å². The molecule has 0 aliphatic heterocycles. The molecule has 112 valence electrons. The third-order valence-electron chi connectivity index (χ3n) is 2.92. The SMILES string of the molecule is Cc1nn(C)c(C(=O)N/N=C\c2c(C)nn(C)c2F)c1Cl. The molecule has 0 unspecified atom stereocenters. The van der Waals surface area contributed by atoms with Crippen molar-refractivity contribution in [2.75, 3.05) is 0 Å². The topological polar surface area (TPSA) is 77.1 Å². The van der Waals surface area contributed by atoms with Gasteiger partial charge in [0.25, 0.3) is 5.91 Å². The van der Waals surface area contributed by atoms with Crippen molar-refractivity contribution in [2.24, 2.45) is 19.2 Å². The molecule has 1 N–H and O–H groups in total. The Hall–Kier alpha value is -2.22. The van der Waals surface area contributed by atoms with Gasteiger partial charge in [0.1, 0.15) is 5.69 Å². The van der Waals surface area contributed by atoms with E-state index in [4.69, 9.17) is 11.6 Å². The second-order valence-corrected chi connectivity index (χ2v) is 4.86. The summed E-state index contributed by atoms with van der Waals surface area (Å²) in [6.07, 6.45) is 1.20. The number of hydrazone groups is 1. The maximum absolute atomic E-state index is 13.7. The molecule has 21 heavy (non-hydrogen) atoms. The maximum Gasteiger partial charge on any atom is 0.291 e. The summed E-state index contributed by atoms with van der Waals surface area (Å²) in [5, 5.41) is 11.9. The zero-order valence-corrected chi connectivity index (χ0v) is 12.7. The number of carbonyl (C=O) groups is 1. The standard InChI is InChI=1S/C12H14ClFN6O/c1-6-8(11(14)20(4)17-6)5-15-16-12(21)10-9(13)7(2)18-19(10)3/h5H,1-4H3,(H,16,21)/b15-5-. The first-order valence-corrected chi connectivity index (χ1v) is 6.42. The molecule has 7 nitrogen and oxygen atoms in total. The Morgan fingerprint density at radius 1 is 1.29 bits per heavy atom. The molecule has 2 aromatic rings. The molecule has 0 atom stereocenters. The smallest absolute Gasteiger partial charge is 0.266 e. The van der Waals surface area contributed by atoms with Crippen LogP contribution in [0, 0.1) is 19.8 Å². The van der Waals surface area contributed by atoms with Gasteiger partial charge in [0.05, 0.1) is 28.2 Å². The van der Waals surface area contributed by atoms with Crippen LogP contribution >= 0.6 is 11.6 Å². The summed E-state index contributed by atoms with van der Waals surface area (Å²) in [7, 11) is 3.08. The first kappa shape index (κ1) is 15.2. The molecule has 2 rings (SSSR count). The van der Waals surface area contributed by atoms with E-state index in [-0.39, 0.29) is 16.3 Å². The van der Waals surface area contributed by atoms with Gasteiger partial charge in [-0.3, -0.25) is 9.48 Å². The quantitative estimate of drug-likeness (QED) is 0.686. The van der Waals surface area contributed by atoms with Crippen LogP contribution in [0.25, 0.3) is 0 Å². The summed E-state index contributed by atoms with van der Waals surface area (Å²) in [6, 6.07) is 0. The number of hydrogen-bond acceptors (Lipinski definition) is 4. The predicted octanol–water partition coefficient (Wildman–Crippen LogP) is 1.33. The molecule has 0 aliphatic carbocycles. The van der Waals surface area contributed by atoms with Gasteiger partial charge < -0.3 is 0 Å². The molecular formula is C12H14ClFN6O. The maximum atomic E-state index is 13.7. The number of aryl methyl sites for hydroxylation is 4. The van der Waals surface area contributed by atoms with Crippen LogP contribution in [0.3, 0.4) is 0 Å². The molecule has 0 aliphatic rings. The van der Waals surface area contributed by atoms with Crippen molar-refractivity contribution in [1.29, 1.82) is 0 Å². The summed E-state index contributed by atoms with van der Waals surface area (Å²) in [4.78, 5) is 12.0. The summed E-state index contributed by atoms with van der Waals surface area (Å²) in [6.45, 7) is 3.34. The number of rotatable bonds is 3. The minimum Gasteiger partial charge on any atom is -0.266 e. The van der Waals surface area contributed by atoms with Gasteiger partial charge in [-0.25, -0.2) is 10.1 Å². The normalized spacial score (nSPS) is 11.3. The zero-order chi connectivity index (χ0) is 15.7. The highest BCUT2D eigenvalue weighted by molar-refractivity contribution is 6.34. The van der Waals surface area contributed by atoms with Crippen LogP contribution in [-0.4, -0.2) is 31.7 Å². The summed E-state index contributed by atoms with van der Waals surface area (Å²) >= 11 is 5.99. The summed E-state index contributed by atoms with van der Waals surface area (Å²) in [5.41, 5.74) is 3.71. The fraction of sp³-hybridized carbons (Fsp3) is 0.333. The molecule has 0 bridgehead atoms. The predicted molar refractivity (Wildman–Crippen MR) is 75.9 cm³/mol. The number of nitrogens with one attached hydrogen (secondary N) is 1. The Morgan fingerprint density at radius 2 is 1.90 bits per heavy atom. The van der Waals surface area contributed by atoms with Gasteiger partial charge in [-0.2, -0.15) is 19.7 Å². The molecule has 0 fully saturated rings. The number of amides is 1. The molecule has 1 amide bonds. The molecule has 9 heteroatoms. The largest absolute Gasteiger partial charge is 0.291 e. The third-order valence-corrected chi connectivity index (χ3v) is 3.37. The van der Waals surface area contributed by atoms with Crippen molar-refractivity contribution in [2.45, 2.75) is 13.8 Å². The van der Waals surface area contributed by atoms with Gasteiger partial charge in [-0.1, -0.05) is 11.6 Å². The number of aromatic nitrogens is 4. The van der Waals surface area contributed by atoms with Crippen LogP contribution < -0.4 is 5.43 Å². The van der Waals surface area contributed by atoms with Crippen molar-refractivity contribution in [1.82, 2.24) is 25.0 Å². The summed E-state index contributed by atoms with van der Waals surface area (Å²) < 4.78 is 16.1.